The summed E-state index contributed by atoms with van der Waals surface area (Å²) in [6.07, 6.45) is 0.961. The lowest BCUT2D eigenvalue weighted by Crippen LogP contribution is -2.57. The molecule has 180 valence electrons. The third kappa shape index (κ3) is 8.07. The molecule has 0 saturated carbocycles. The van der Waals surface area contributed by atoms with Crippen LogP contribution >= 0.6 is 0 Å². The van der Waals surface area contributed by atoms with Crippen LogP contribution in [0.3, 0.4) is 0 Å². The number of hydrogen-bond donors (Lipinski definition) is 7. The van der Waals surface area contributed by atoms with E-state index in [2.05, 4.69) is 21.3 Å². The number of carboxylic acid groups (broad SMARTS) is 1. The first-order chi connectivity index (χ1) is 15.6. The minimum atomic E-state index is -1.53. The molecule has 0 aromatic heterocycles. The summed E-state index contributed by atoms with van der Waals surface area (Å²) in [4.78, 5) is 60.1. The number of carbonyl (C=O) groups is 5. The first kappa shape index (κ1) is 25.6. The van der Waals surface area contributed by atoms with E-state index in [1.54, 1.807) is 12.1 Å². The number of amides is 4. The van der Waals surface area contributed by atoms with Crippen molar-refractivity contribution in [2.75, 3.05) is 6.54 Å². The normalized spacial score (nSPS) is 17.9. The molecular formula is C21H29N5O7. The molecule has 2 rings (SSSR count). The molecule has 0 aliphatic carbocycles. The third-order valence-corrected chi connectivity index (χ3v) is 5.16. The van der Waals surface area contributed by atoms with Crippen molar-refractivity contribution in [1.29, 1.82) is 0 Å². The minimum Gasteiger partial charge on any atom is -0.508 e. The first-order valence-corrected chi connectivity index (χ1v) is 10.5. The fraction of sp³-hybridized carbons (Fsp3) is 0.476. The molecule has 33 heavy (non-hydrogen) atoms. The minimum absolute atomic E-state index is 0.0492. The van der Waals surface area contributed by atoms with Gasteiger partial charge in [-0.25, -0.2) is 4.79 Å². The van der Waals surface area contributed by atoms with Crippen molar-refractivity contribution in [3.05, 3.63) is 29.8 Å². The fourth-order valence-corrected chi connectivity index (χ4v) is 3.34. The van der Waals surface area contributed by atoms with E-state index >= 15 is 0 Å². The lowest BCUT2D eigenvalue weighted by molar-refractivity contribution is -0.143. The number of carbonyl (C=O) groups excluding carboxylic acids is 4. The Morgan fingerprint density at radius 2 is 1.73 bits per heavy atom. The van der Waals surface area contributed by atoms with Gasteiger partial charge in [0.1, 0.15) is 23.9 Å². The second-order valence-corrected chi connectivity index (χ2v) is 7.88. The Morgan fingerprint density at radius 3 is 2.27 bits per heavy atom. The molecule has 8 N–H and O–H groups in total. The number of nitrogens with two attached hydrogens (primary N) is 1. The Kier molecular flexibility index (Phi) is 9.16. The number of primary amides is 1. The summed E-state index contributed by atoms with van der Waals surface area (Å²) >= 11 is 0. The molecule has 12 nitrogen and oxygen atoms in total. The van der Waals surface area contributed by atoms with Gasteiger partial charge in [-0.1, -0.05) is 12.1 Å². The van der Waals surface area contributed by atoms with E-state index in [9.17, 15) is 29.1 Å². The number of phenols is 1. The van der Waals surface area contributed by atoms with Crippen LogP contribution < -0.4 is 27.0 Å². The predicted octanol–water partition coefficient (Wildman–Crippen LogP) is -1.88. The van der Waals surface area contributed by atoms with Crippen molar-refractivity contribution in [3.8, 4) is 5.75 Å². The van der Waals surface area contributed by atoms with Crippen LogP contribution in [0, 0.1) is 0 Å². The number of nitrogens with one attached hydrogen (secondary N) is 4. The van der Waals surface area contributed by atoms with E-state index in [1.807, 2.05) is 0 Å². The molecule has 4 atom stereocenters. The molecule has 1 aromatic rings. The van der Waals surface area contributed by atoms with Gasteiger partial charge < -0.3 is 37.2 Å². The van der Waals surface area contributed by atoms with Gasteiger partial charge in [-0.3, -0.25) is 19.2 Å². The molecule has 1 aliphatic rings. The first-order valence-electron chi connectivity index (χ1n) is 10.5. The SMILES string of the molecule is CC(NC(=O)C(Cc1ccc(O)cc1)NC(=O)C1CCCN1)C(=O)NC(CC(N)=O)C(=O)O. The molecule has 0 radical (unpaired) electrons. The van der Waals surface area contributed by atoms with Crippen LogP contribution in [-0.2, 0) is 30.4 Å². The van der Waals surface area contributed by atoms with Gasteiger partial charge in [-0.15, -0.1) is 0 Å². The highest BCUT2D eigenvalue weighted by atomic mass is 16.4. The summed E-state index contributed by atoms with van der Waals surface area (Å²) in [5.74, 6) is -4.13. The van der Waals surface area contributed by atoms with Gasteiger partial charge in [0.25, 0.3) is 0 Å². The topological polar surface area (TPSA) is 200 Å². The average Bonchev–Trinajstić information content (AvgIpc) is 3.28. The van der Waals surface area contributed by atoms with Gasteiger partial charge in [-0.05, 0) is 44.0 Å². The molecule has 1 heterocycles. The number of phenolic OH excluding ortho intramolecular Hbond substituents is 1. The highest BCUT2D eigenvalue weighted by Crippen LogP contribution is 2.12. The van der Waals surface area contributed by atoms with Crippen LogP contribution in [-0.4, -0.2) is 70.5 Å². The van der Waals surface area contributed by atoms with Crippen molar-refractivity contribution in [3.63, 3.8) is 0 Å². The van der Waals surface area contributed by atoms with Crippen LogP contribution in [0.25, 0.3) is 0 Å². The highest BCUT2D eigenvalue weighted by Gasteiger charge is 2.30. The summed E-state index contributed by atoms with van der Waals surface area (Å²) < 4.78 is 0. The van der Waals surface area contributed by atoms with Crippen LogP contribution in [0.4, 0.5) is 0 Å². The standard InChI is InChI=1S/C21H29N5O7/c1-11(18(29)26-16(21(32)33)10-17(22)28)24-20(31)15(9-12-4-6-13(27)7-5-12)25-19(30)14-3-2-8-23-14/h4-7,11,14-16,23,27H,2-3,8-10H2,1H3,(H2,22,28)(H,24,31)(H,25,30)(H,26,29)(H,32,33). The van der Waals surface area contributed by atoms with Gasteiger partial charge in [0, 0.05) is 6.42 Å². The van der Waals surface area contributed by atoms with Crippen LogP contribution in [0.2, 0.25) is 0 Å². The van der Waals surface area contributed by atoms with Gasteiger partial charge in [0.15, 0.2) is 0 Å². The molecule has 12 heteroatoms. The number of rotatable bonds is 11. The zero-order valence-electron chi connectivity index (χ0n) is 18.2. The van der Waals surface area contributed by atoms with Crippen molar-refractivity contribution >= 4 is 29.6 Å². The number of aromatic hydroxyl groups is 1. The lowest BCUT2D eigenvalue weighted by atomic mass is 10.0. The monoisotopic (exact) mass is 463 g/mol. The molecule has 1 aliphatic heterocycles. The maximum absolute atomic E-state index is 12.9. The fourth-order valence-electron chi connectivity index (χ4n) is 3.34. The quantitative estimate of drug-likeness (QED) is 0.198. The van der Waals surface area contributed by atoms with Crippen molar-refractivity contribution in [1.82, 2.24) is 21.3 Å². The molecule has 0 spiro atoms. The van der Waals surface area contributed by atoms with E-state index in [0.717, 1.165) is 6.42 Å². The molecular weight excluding hydrogens is 434 g/mol. The van der Waals surface area contributed by atoms with Gasteiger partial charge >= 0.3 is 5.97 Å². The Morgan fingerprint density at radius 1 is 1.06 bits per heavy atom. The van der Waals surface area contributed by atoms with Crippen molar-refractivity contribution < 1.29 is 34.2 Å². The Balaban J connectivity index is 2.07. The Bertz CT molecular complexity index is 883. The molecule has 1 aromatic carbocycles. The molecule has 1 saturated heterocycles. The van der Waals surface area contributed by atoms with E-state index in [4.69, 9.17) is 10.8 Å². The highest BCUT2D eigenvalue weighted by molar-refractivity contribution is 5.94. The maximum Gasteiger partial charge on any atom is 0.326 e. The van der Waals surface area contributed by atoms with E-state index in [-0.39, 0.29) is 18.1 Å². The lowest BCUT2D eigenvalue weighted by Gasteiger charge is -2.23. The predicted molar refractivity (Wildman–Crippen MR) is 116 cm³/mol. The van der Waals surface area contributed by atoms with Crippen molar-refractivity contribution in [2.24, 2.45) is 5.73 Å². The van der Waals surface area contributed by atoms with Gasteiger partial charge in [0.05, 0.1) is 12.5 Å². The van der Waals surface area contributed by atoms with Gasteiger partial charge in [-0.2, -0.15) is 0 Å². The van der Waals surface area contributed by atoms with Crippen molar-refractivity contribution in [2.45, 2.75) is 56.8 Å². The maximum atomic E-state index is 12.9. The number of aliphatic carboxylic acids is 1. The molecule has 4 amide bonds. The van der Waals surface area contributed by atoms with Crippen LogP contribution in [0.5, 0.6) is 5.75 Å². The molecule has 1 fully saturated rings. The third-order valence-electron chi connectivity index (χ3n) is 5.16. The second-order valence-electron chi connectivity index (χ2n) is 7.88. The van der Waals surface area contributed by atoms with Crippen LogP contribution in [0.1, 0.15) is 31.7 Å². The zero-order valence-corrected chi connectivity index (χ0v) is 18.2. The summed E-state index contributed by atoms with van der Waals surface area (Å²) in [5, 5.41) is 28.9. The molecule has 0 bridgehead atoms. The smallest absolute Gasteiger partial charge is 0.326 e. The zero-order chi connectivity index (χ0) is 24.5. The summed E-state index contributed by atoms with van der Waals surface area (Å²) in [7, 11) is 0. The summed E-state index contributed by atoms with van der Waals surface area (Å²) in [6, 6.07) is 1.97. The Labute approximate surface area is 190 Å². The van der Waals surface area contributed by atoms with E-state index in [1.165, 1.54) is 19.1 Å². The molecule has 4 unspecified atom stereocenters. The summed E-state index contributed by atoms with van der Waals surface area (Å²) in [5.41, 5.74) is 5.66. The number of carboxylic acids is 1. The van der Waals surface area contributed by atoms with E-state index in [0.29, 0.717) is 18.5 Å². The number of benzene rings is 1. The Hall–Kier alpha value is -3.67. The average molecular weight is 463 g/mol. The number of hydrogen-bond acceptors (Lipinski definition) is 7. The largest absolute Gasteiger partial charge is 0.508 e. The second kappa shape index (κ2) is 11.8. The van der Waals surface area contributed by atoms with Gasteiger partial charge in [0.2, 0.25) is 23.6 Å². The van der Waals surface area contributed by atoms with Crippen LogP contribution in [0.15, 0.2) is 24.3 Å². The summed E-state index contributed by atoms with van der Waals surface area (Å²) in [6.45, 7) is 2.04. The van der Waals surface area contributed by atoms with E-state index < -0.39 is 54.3 Å².